The molecule has 0 unspecified atom stereocenters. The van der Waals surface area contributed by atoms with E-state index in [1.165, 1.54) is 32.4 Å². The van der Waals surface area contributed by atoms with Gasteiger partial charge >= 0.3 is 0 Å². The summed E-state index contributed by atoms with van der Waals surface area (Å²) >= 11 is 0. The summed E-state index contributed by atoms with van der Waals surface area (Å²) in [6, 6.07) is 0.581. The molecule has 0 amide bonds. The third-order valence-electron chi connectivity index (χ3n) is 3.66. The van der Waals surface area contributed by atoms with E-state index >= 15 is 0 Å². The summed E-state index contributed by atoms with van der Waals surface area (Å²) in [4.78, 5) is 0. The molecule has 1 rings (SSSR count). The van der Waals surface area contributed by atoms with E-state index < -0.39 is 10.1 Å². The lowest BCUT2D eigenvalue weighted by atomic mass is 10.1. The molecule has 1 aliphatic heterocycles. The molecule has 0 N–H and O–H groups in total. The fourth-order valence-electron chi connectivity index (χ4n) is 2.49. The largest absolute Gasteiger partial charge is 0.296 e. The molecule has 0 radical (unpaired) electrons. The second-order valence-corrected chi connectivity index (χ2v) is 7.05. The topological polar surface area (TPSA) is 43.4 Å². The van der Waals surface area contributed by atoms with Crippen LogP contribution in [0.25, 0.3) is 0 Å². The third-order valence-corrected chi connectivity index (χ3v) is 4.26. The average molecular weight is 276 g/mol. The Balaban J connectivity index is 2.46. The van der Waals surface area contributed by atoms with Gasteiger partial charge in [-0.1, -0.05) is 0 Å². The quantitative estimate of drug-likeness (QED) is 0.425. The summed E-state index contributed by atoms with van der Waals surface area (Å²) in [5.41, 5.74) is 0. The highest BCUT2D eigenvalue weighted by molar-refractivity contribution is 7.85. The Morgan fingerprint density at radius 2 is 1.83 bits per heavy atom. The van der Waals surface area contributed by atoms with Crippen LogP contribution in [0.2, 0.25) is 0 Å². The number of nitrogens with zero attached hydrogens (tertiary/aromatic N) is 1. The minimum atomic E-state index is -3.30. The summed E-state index contributed by atoms with van der Waals surface area (Å²) in [5, 5.41) is 0. The van der Waals surface area contributed by atoms with Crippen molar-refractivity contribution < 1.29 is 17.1 Å². The normalized spacial score (nSPS) is 20.7. The second kappa shape index (κ2) is 6.68. The lowest BCUT2D eigenvalue weighted by Crippen LogP contribution is -2.51. The maximum absolute atomic E-state index is 10.8. The summed E-state index contributed by atoms with van der Waals surface area (Å²) < 4.78 is 27.4. The molecular weight excluding hydrogens is 250 g/mol. The van der Waals surface area contributed by atoms with E-state index in [9.17, 15) is 8.42 Å². The van der Waals surface area contributed by atoms with Crippen molar-refractivity contribution in [2.24, 2.45) is 0 Å². The van der Waals surface area contributed by atoms with Gasteiger partial charge in [-0.05, 0) is 45.6 Å². The van der Waals surface area contributed by atoms with Crippen molar-refractivity contribution in [2.45, 2.75) is 45.6 Å². The molecule has 0 aromatic rings. The van der Waals surface area contributed by atoms with Gasteiger partial charge in [0.2, 0.25) is 0 Å². The Hall–Kier alpha value is -0.390. The Kier molecular flexibility index (Phi) is 5.82. The summed E-state index contributed by atoms with van der Waals surface area (Å²) in [7, 11) is -3.30. The second-order valence-electron chi connectivity index (χ2n) is 5.40. The van der Waals surface area contributed by atoms with Gasteiger partial charge in [-0.3, -0.25) is 8.67 Å². The lowest BCUT2D eigenvalue weighted by Gasteiger charge is -2.41. The van der Waals surface area contributed by atoms with Crippen molar-refractivity contribution in [3.63, 3.8) is 0 Å². The molecule has 0 bridgehead atoms. The van der Waals surface area contributed by atoms with E-state index in [4.69, 9.17) is 4.18 Å². The molecule has 0 aliphatic carbocycles. The molecule has 0 saturated carbocycles. The zero-order valence-electron chi connectivity index (χ0n) is 11.8. The minimum absolute atomic E-state index is 0.243. The van der Waals surface area contributed by atoms with E-state index in [-0.39, 0.29) is 6.61 Å². The van der Waals surface area contributed by atoms with Crippen LogP contribution in [0.3, 0.4) is 0 Å². The molecule has 18 heavy (non-hydrogen) atoms. The smallest absolute Gasteiger partial charge is 0.264 e. The number of likely N-dealkylation sites (tertiary alicyclic amines) is 1. The molecule has 1 heterocycles. The number of piperidine rings is 1. The van der Waals surface area contributed by atoms with E-state index in [2.05, 4.69) is 26.1 Å². The van der Waals surface area contributed by atoms with Crippen LogP contribution in [-0.2, 0) is 14.3 Å². The van der Waals surface area contributed by atoms with Crippen LogP contribution in [0.1, 0.15) is 39.5 Å². The van der Waals surface area contributed by atoms with Gasteiger partial charge < -0.3 is 0 Å². The molecule has 1 fully saturated rings. The van der Waals surface area contributed by atoms with E-state index in [1.807, 2.05) is 0 Å². The Morgan fingerprint density at radius 3 is 2.33 bits per heavy atom. The number of hydrogen-bond acceptors (Lipinski definition) is 3. The van der Waals surface area contributed by atoms with Gasteiger partial charge in [-0.2, -0.15) is 8.42 Å². The van der Waals surface area contributed by atoms with E-state index in [0.29, 0.717) is 12.5 Å². The molecular formula is C13H26NO3S+. The van der Waals surface area contributed by atoms with E-state index in [0.717, 1.165) is 10.7 Å². The standard InChI is InChI=1S/C13H26NO3S/c1-13(2)14(9-5-4-6-10-14)11-7-8-12-17-18(3,15)16/h7,11,13H,4-6,8-10,12H2,1-3H3/q+1/b11-7+. The monoisotopic (exact) mass is 276 g/mol. The molecule has 5 heteroatoms. The Bertz CT molecular complexity index is 368. The van der Waals surface area contributed by atoms with Gasteiger partial charge in [0, 0.05) is 0 Å². The predicted molar refractivity (Wildman–Crippen MR) is 73.5 cm³/mol. The van der Waals surface area contributed by atoms with Crippen LogP contribution in [0.5, 0.6) is 0 Å². The summed E-state index contributed by atoms with van der Waals surface area (Å²) in [6.07, 6.45) is 9.94. The zero-order valence-corrected chi connectivity index (χ0v) is 12.6. The van der Waals surface area contributed by atoms with Crippen LogP contribution < -0.4 is 0 Å². The van der Waals surface area contributed by atoms with Gasteiger partial charge in [0.1, 0.15) is 0 Å². The molecule has 0 atom stereocenters. The van der Waals surface area contributed by atoms with Crippen molar-refractivity contribution in [1.82, 2.24) is 0 Å². The SMILES string of the molecule is CC(C)[N+]1(/C=C/CCOS(C)(=O)=O)CCCCC1. The molecule has 106 valence electrons. The zero-order chi connectivity index (χ0) is 13.6. The van der Waals surface area contributed by atoms with Crippen LogP contribution >= 0.6 is 0 Å². The average Bonchev–Trinajstić information content (AvgIpc) is 2.28. The first-order valence-corrected chi connectivity index (χ1v) is 8.56. The Morgan fingerprint density at radius 1 is 1.22 bits per heavy atom. The van der Waals surface area contributed by atoms with Gasteiger partial charge in [-0.15, -0.1) is 0 Å². The highest BCUT2D eigenvalue weighted by Gasteiger charge is 2.30. The fraction of sp³-hybridized carbons (Fsp3) is 0.846. The van der Waals surface area contributed by atoms with Gasteiger partial charge in [0.25, 0.3) is 10.1 Å². The molecule has 0 aromatic carbocycles. The molecule has 1 saturated heterocycles. The van der Waals surface area contributed by atoms with Gasteiger partial charge in [0.05, 0.1) is 38.2 Å². The number of quaternary nitrogens is 1. The predicted octanol–water partition coefficient (Wildman–Crippen LogP) is 2.28. The lowest BCUT2D eigenvalue weighted by molar-refractivity contribution is -0.905. The minimum Gasteiger partial charge on any atom is -0.296 e. The number of rotatable bonds is 6. The van der Waals surface area contributed by atoms with Crippen LogP contribution in [0.15, 0.2) is 12.3 Å². The van der Waals surface area contributed by atoms with Crippen molar-refractivity contribution >= 4 is 10.1 Å². The van der Waals surface area contributed by atoms with Crippen molar-refractivity contribution in [3.8, 4) is 0 Å². The highest BCUT2D eigenvalue weighted by Crippen LogP contribution is 2.23. The maximum atomic E-state index is 10.8. The first-order valence-electron chi connectivity index (χ1n) is 6.74. The highest BCUT2D eigenvalue weighted by atomic mass is 32.2. The van der Waals surface area contributed by atoms with Crippen molar-refractivity contribution in [3.05, 3.63) is 12.3 Å². The molecule has 4 nitrogen and oxygen atoms in total. The van der Waals surface area contributed by atoms with E-state index in [1.54, 1.807) is 0 Å². The third kappa shape index (κ3) is 5.08. The van der Waals surface area contributed by atoms with Crippen molar-refractivity contribution in [2.75, 3.05) is 26.0 Å². The van der Waals surface area contributed by atoms with Gasteiger partial charge in [0.15, 0.2) is 0 Å². The summed E-state index contributed by atoms with van der Waals surface area (Å²) in [5.74, 6) is 0. The van der Waals surface area contributed by atoms with Crippen LogP contribution in [0.4, 0.5) is 0 Å². The van der Waals surface area contributed by atoms with Gasteiger partial charge in [-0.25, -0.2) is 0 Å². The Labute approximate surface area is 111 Å². The fourth-order valence-corrected chi connectivity index (χ4v) is 2.89. The molecule has 1 aliphatic rings. The molecule has 0 spiro atoms. The van der Waals surface area contributed by atoms with Crippen molar-refractivity contribution in [1.29, 1.82) is 0 Å². The van der Waals surface area contributed by atoms with Crippen LogP contribution in [-0.4, -0.2) is 44.9 Å². The molecule has 0 aromatic heterocycles. The number of hydrogen-bond donors (Lipinski definition) is 0. The van der Waals surface area contributed by atoms with Crippen LogP contribution in [0, 0.1) is 0 Å². The summed E-state index contributed by atoms with van der Waals surface area (Å²) in [6.45, 7) is 7.14. The maximum Gasteiger partial charge on any atom is 0.264 e. The first-order chi connectivity index (χ1) is 8.36. The first kappa shape index (κ1) is 15.7.